The molecule has 0 aliphatic carbocycles. The standard InChI is InChI=1S/C16H20Cl2N4O2/c1-2-8-22(10-15(23)20-7-3-6-19)11-16(24)21-14-5-4-12(17)9-13(14)18/h4-5,9H,2-3,7-8,10-11H2,1H3,(H,20,23)(H,21,24). The van der Waals surface area contributed by atoms with E-state index in [1.54, 1.807) is 23.1 Å². The van der Waals surface area contributed by atoms with Gasteiger partial charge in [-0.3, -0.25) is 14.5 Å². The van der Waals surface area contributed by atoms with Crippen LogP contribution in [0.25, 0.3) is 0 Å². The lowest BCUT2D eigenvalue weighted by atomic mass is 10.3. The Balaban J connectivity index is 2.55. The highest BCUT2D eigenvalue weighted by molar-refractivity contribution is 6.36. The van der Waals surface area contributed by atoms with E-state index in [9.17, 15) is 9.59 Å². The molecular weight excluding hydrogens is 351 g/mol. The van der Waals surface area contributed by atoms with E-state index in [4.69, 9.17) is 28.5 Å². The molecule has 0 radical (unpaired) electrons. The van der Waals surface area contributed by atoms with Crippen LogP contribution in [0.4, 0.5) is 5.69 Å². The predicted molar refractivity (Wildman–Crippen MR) is 95.1 cm³/mol. The van der Waals surface area contributed by atoms with Crippen LogP contribution in [0.15, 0.2) is 18.2 Å². The normalized spacial score (nSPS) is 10.3. The van der Waals surface area contributed by atoms with Gasteiger partial charge in [0.25, 0.3) is 0 Å². The maximum absolute atomic E-state index is 12.2. The van der Waals surface area contributed by atoms with E-state index >= 15 is 0 Å². The Labute approximate surface area is 151 Å². The molecule has 0 aromatic heterocycles. The Bertz CT molecular complexity index is 617. The van der Waals surface area contributed by atoms with Crippen molar-refractivity contribution < 1.29 is 9.59 Å². The number of rotatable bonds is 9. The summed E-state index contributed by atoms with van der Waals surface area (Å²) in [4.78, 5) is 25.7. The van der Waals surface area contributed by atoms with Crippen molar-refractivity contribution in [3.63, 3.8) is 0 Å². The van der Waals surface area contributed by atoms with E-state index in [-0.39, 0.29) is 31.3 Å². The molecular formula is C16H20Cl2N4O2. The molecule has 1 aromatic carbocycles. The van der Waals surface area contributed by atoms with E-state index in [2.05, 4.69) is 10.6 Å². The zero-order valence-electron chi connectivity index (χ0n) is 13.4. The number of nitrogens with one attached hydrogen (secondary N) is 2. The lowest BCUT2D eigenvalue weighted by molar-refractivity contribution is -0.123. The number of carbonyl (C=O) groups is 2. The van der Waals surface area contributed by atoms with Crippen LogP contribution in [0, 0.1) is 11.3 Å². The molecule has 0 aliphatic rings. The van der Waals surface area contributed by atoms with Crippen LogP contribution in [0.1, 0.15) is 19.8 Å². The number of nitrogens with zero attached hydrogens (tertiary/aromatic N) is 2. The number of halogens is 2. The summed E-state index contributed by atoms with van der Waals surface area (Å²) in [6.07, 6.45) is 1.07. The summed E-state index contributed by atoms with van der Waals surface area (Å²) in [6, 6.07) is 6.76. The fourth-order valence-electron chi connectivity index (χ4n) is 2.03. The van der Waals surface area contributed by atoms with Gasteiger partial charge < -0.3 is 10.6 Å². The molecule has 1 rings (SSSR count). The van der Waals surface area contributed by atoms with Crippen LogP contribution in [-0.4, -0.2) is 42.9 Å². The molecule has 0 bridgehead atoms. The SMILES string of the molecule is CCCN(CC(=O)NCCC#N)CC(=O)Nc1ccc(Cl)cc1Cl. The van der Waals surface area contributed by atoms with Crippen molar-refractivity contribution in [2.45, 2.75) is 19.8 Å². The molecule has 0 unspecified atom stereocenters. The third-order valence-corrected chi connectivity index (χ3v) is 3.59. The summed E-state index contributed by atoms with van der Waals surface area (Å²) < 4.78 is 0. The van der Waals surface area contributed by atoms with E-state index in [0.717, 1.165) is 6.42 Å². The van der Waals surface area contributed by atoms with Crippen LogP contribution < -0.4 is 10.6 Å². The maximum atomic E-state index is 12.2. The van der Waals surface area contributed by atoms with Crippen LogP contribution >= 0.6 is 23.2 Å². The van der Waals surface area contributed by atoms with Gasteiger partial charge >= 0.3 is 0 Å². The summed E-state index contributed by atoms with van der Waals surface area (Å²) in [5.41, 5.74) is 0.473. The topological polar surface area (TPSA) is 85.2 Å². The lowest BCUT2D eigenvalue weighted by Crippen LogP contribution is -2.41. The van der Waals surface area contributed by atoms with E-state index < -0.39 is 0 Å². The van der Waals surface area contributed by atoms with Gasteiger partial charge in [-0.05, 0) is 31.2 Å². The zero-order chi connectivity index (χ0) is 17.9. The van der Waals surface area contributed by atoms with Crippen molar-refractivity contribution in [1.29, 1.82) is 5.26 Å². The van der Waals surface area contributed by atoms with Gasteiger partial charge in [0.15, 0.2) is 0 Å². The average Bonchev–Trinajstić information content (AvgIpc) is 2.50. The first-order chi connectivity index (χ1) is 11.5. The molecule has 0 aliphatic heterocycles. The van der Waals surface area contributed by atoms with Crippen LogP contribution in [0.5, 0.6) is 0 Å². The van der Waals surface area contributed by atoms with Gasteiger partial charge in [-0.2, -0.15) is 5.26 Å². The lowest BCUT2D eigenvalue weighted by Gasteiger charge is -2.20. The fraction of sp³-hybridized carbons (Fsp3) is 0.438. The summed E-state index contributed by atoms with van der Waals surface area (Å²) in [5.74, 6) is -0.478. The quantitative estimate of drug-likeness (QED) is 0.654. The van der Waals surface area contributed by atoms with Crippen molar-refractivity contribution in [2.75, 3.05) is 31.5 Å². The minimum absolute atomic E-state index is 0.0679. The van der Waals surface area contributed by atoms with Crippen LogP contribution in [-0.2, 0) is 9.59 Å². The molecule has 24 heavy (non-hydrogen) atoms. The summed E-state index contributed by atoms with van der Waals surface area (Å²) in [7, 11) is 0. The molecule has 0 heterocycles. The zero-order valence-corrected chi connectivity index (χ0v) is 15.0. The van der Waals surface area contributed by atoms with Crippen LogP contribution in [0.3, 0.4) is 0 Å². The van der Waals surface area contributed by atoms with E-state index in [0.29, 0.717) is 28.8 Å². The van der Waals surface area contributed by atoms with E-state index in [1.807, 2.05) is 13.0 Å². The highest BCUT2D eigenvalue weighted by atomic mass is 35.5. The third-order valence-electron chi connectivity index (χ3n) is 3.04. The molecule has 6 nitrogen and oxygen atoms in total. The fourth-order valence-corrected chi connectivity index (χ4v) is 2.49. The van der Waals surface area contributed by atoms with Gasteiger partial charge in [-0.25, -0.2) is 0 Å². The second-order valence-electron chi connectivity index (χ2n) is 5.14. The average molecular weight is 371 g/mol. The van der Waals surface area contributed by atoms with Gasteiger partial charge in [-0.15, -0.1) is 0 Å². The largest absolute Gasteiger partial charge is 0.354 e. The highest BCUT2D eigenvalue weighted by Crippen LogP contribution is 2.25. The Morgan fingerprint density at radius 2 is 1.96 bits per heavy atom. The molecule has 0 atom stereocenters. The van der Waals surface area contributed by atoms with Gasteiger partial charge in [0.2, 0.25) is 11.8 Å². The van der Waals surface area contributed by atoms with Crippen molar-refractivity contribution in [3.05, 3.63) is 28.2 Å². The van der Waals surface area contributed by atoms with Crippen molar-refractivity contribution in [2.24, 2.45) is 0 Å². The molecule has 0 saturated heterocycles. The summed E-state index contributed by atoms with van der Waals surface area (Å²) in [6.45, 7) is 3.05. The third kappa shape index (κ3) is 7.64. The van der Waals surface area contributed by atoms with Crippen molar-refractivity contribution in [1.82, 2.24) is 10.2 Å². The minimum atomic E-state index is -0.266. The van der Waals surface area contributed by atoms with Crippen LogP contribution in [0.2, 0.25) is 10.0 Å². The predicted octanol–water partition coefficient (Wildman–Crippen LogP) is 2.67. The molecule has 8 heteroatoms. The number of hydrogen-bond donors (Lipinski definition) is 2. The Kier molecular flexibility index (Phi) is 9.16. The van der Waals surface area contributed by atoms with Crippen molar-refractivity contribution >= 4 is 40.7 Å². The van der Waals surface area contributed by atoms with Gasteiger partial charge in [0.1, 0.15) is 0 Å². The smallest absolute Gasteiger partial charge is 0.238 e. The first-order valence-electron chi connectivity index (χ1n) is 7.57. The number of carbonyl (C=O) groups excluding carboxylic acids is 2. The maximum Gasteiger partial charge on any atom is 0.238 e. The number of anilines is 1. The number of amides is 2. The van der Waals surface area contributed by atoms with Gasteiger partial charge in [-0.1, -0.05) is 30.1 Å². The summed E-state index contributed by atoms with van der Waals surface area (Å²) in [5, 5.41) is 14.6. The van der Waals surface area contributed by atoms with Gasteiger partial charge in [0, 0.05) is 11.6 Å². The summed E-state index contributed by atoms with van der Waals surface area (Å²) >= 11 is 11.8. The molecule has 2 amide bonds. The van der Waals surface area contributed by atoms with Gasteiger partial charge in [0.05, 0.1) is 36.3 Å². The van der Waals surface area contributed by atoms with E-state index in [1.165, 1.54) is 0 Å². The molecule has 130 valence electrons. The number of benzene rings is 1. The Morgan fingerprint density at radius 1 is 1.25 bits per heavy atom. The van der Waals surface area contributed by atoms with Crippen molar-refractivity contribution in [3.8, 4) is 6.07 Å². The molecule has 0 spiro atoms. The highest BCUT2D eigenvalue weighted by Gasteiger charge is 2.15. The first kappa shape index (κ1) is 20.2. The minimum Gasteiger partial charge on any atom is -0.354 e. The number of hydrogen-bond acceptors (Lipinski definition) is 4. The first-order valence-corrected chi connectivity index (χ1v) is 8.32. The molecule has 0 saturated carbocycles. The monoisotopic (exact) mass is 370 g/mol. The second kappa shape index (κ2) is 10.9. The number of nitriles is 1. The second-order valence-corrected chi connectivity index (χ2v) is 5.98. The molecule has 2 N–H and O–H groups in total. The molecule has 0 fully saturated rings. The Morgan fingerprint density at radius 3 is 2.58 bits per heavy atom. The molecule has 1 aromatic rings. The Hall–Kier alpha value is -1.81.